The molecule has 0 aromatic heterocycles. The molecule has 0 radical (unpaired) electrons. The van der Waals surface area contributed by atoms with Gasteiger partial charge in [0.2, 0.25) is 0 Å². The molecular formula is C32H28FIN2O3. The highest BCUT2D eigenvalue weighted by Crippen LogP contribution is 2.34. The predicted molar refractivity (Wildman–Crippen MR) is 159 cm³/mol. The Bertz CT molecular complexity index is 1480. The molecule has 39 heavy (non-hydrogen) atoms. The summed E-state index contributed by atoms with van der Waals surface area (Å²) < 4.78 is 18.3. The number of hydrogen-bond donors (Lipinski definition) is 1. The molecule has 5 nitrogen and oxygen atoms in total. The third kappa shape index (κ3) is 6.47. The van der Waals surface area contributed by atoms with E-state index in [9.17, 15) is 14.0 Å². The molecule has 0 saturated heterocycles. The first kappa shape index (κ1) is 26.9. The second-order valence-electron chi connectivity index (χ2n) is 9.66. The summed E-state index contributed by atoms with van der Waals surface area (Å²) in [5.74, 6) is -0.222. The summed E-state index contributed by atoms with van der Waals surface area (Å²) in [7, 11) is 0. The number of alkyl halides is 2. The molecule has 198 valence electrons. The molecule has 1 unspecified atom stereocenters. The third-order valence-electron chi connectivity index (χ3n) is 6.81. The van der Waals surface area contributed by atoms with Gasteiger partial charge in [0.05, 0.1) is 0 Å². The summed E-state index contributed by atoms with van der Waals surface area (Å²) >= 11 is 1.77. The highest BCUT2D eigenvalue weighted by Gasteiger charge is 2.23. The molecule has 0 bridgehead atoms. The predicted octanol–water partition coefficient (Wildman–Crippen LogP) is 7.88. The van der Waals surface area contributed by atoms with Gasteiger partial charge in [-0.25, -0.2) is 9.18 Å². The fraction of sp³-hybridized carbons (Fsp3) is 0.188. The van der Waals surface area contributed by atoms with Crippen LogP contribution in [-0.2, 0) is 28.0 Å². The maximum Gasteiger partial charge on any atom is 0.410 e. The minimum Gasteiger partial charge on any atom is -0.445 e. The van der Waals surface area contributed by atoms with Gasteiger partial charge >= 0.3 is 6.09 Å². The lowest BCUT2D eigenvalue weighted by Gasteiger charge is -2.28. The molecule has 4 aromatic rings. The fourth-order valence-corrected chi connectivity index (χ4v) is 5.03. The van der Waals surface area contributed by atoms with Crippen molar-refractivity contribution in [2.24, 2.45) is 0 Å². The van der Waals surface area contributed by atoms with E-state index in [4.69, 9.17) is 4.74 Å². The Kier molecular flexibility index (Phi) is 7.97. The van der Waals surface area contributed by atoms with Crippen LogP contribution in [0.1, 0.15) is 39.5 Å². The molecule has 1 aliphatic rings. The van der Waals surface area contributed by atoms with Crippen LogP contribution in [-0.4, -0.2) is 23.4 Å². The second-order valence-corrected chi connectivity index (χ2v) is 11.7. The Morgan fingerprint density at radius 2 is 1.67 bits per heavy atom. The first-order chi connectivity index (χ1) is 18.8. The molecule has 4 aromatic carbocycles. The Balaban J connectivity index is 1.25. The van der Waals surface area contributed by atoms with E-state index in [2.05, 4.69) is 5.32 Å². The maximum absolute atomic E-state index is 14.3. The molecule has 1 atom stereocenters. The summed E-state index contributed by atoms with van der Waals surface area (Å²) in [6, 6.07) is 30.0. The lowest BCUT2D eigenvalue weighted by atomic mass is 9.97. The van der Waals surface area contributed by atoms with Crippen LogP contribution in [0.2, 0.25) is 0 Å². The Morgan fingerprint density at radius 3 is 2.41 bits per heavy atom. The van der Waals surface area contributed by atoms with Crippen molar-refractivity contribution in [1.82, 2.24) is 4.90 Å². The number of ether oxygens (including phenoxy) is 1. The number of benzene rings is 4. The number of halogens is 2. The van der Waals surface area contributed by atoms with Gasteiger partial charge < -0.3 is 15.0 Å². The van der Waals surface area contributed by atoms with Crippen LogP contribution in [0.15, 0.2) is 97.1 Å². The smallest absolute Gasteiger partial charge is 0.410 e. The largest absolute Gasteiger partial charge is 0.445 e. The van der Waals surface area contributed by atoms with Gasteiger partial charge in [-0.3, -0.25) is 4.79 Å². The molecule has 5 rings (SSSR count). The second kappa shape index (κ2) is 11.6. The number of rotatable bonds is 6. The quantitative estimate of drug-likeness (QED) is 0.174. The van der Waals surface area contributed by atoms with E-state index in [0.717, 1.165) is 27.8 Å². The highest BCUT2D eigenvalue weighted by molar-refractivity contribution is 14.1. The number of nitrogens with one attached hydrogen (secondary N) is 1. The number of hydrogen-bond acceptors (Lipinski definition) is 3. The van der Waals surface area contributed by atoms with Crippen LogP contribution >= 0.6 is 22.6 Å². The number of anilines is 1. The van der Waals surface area contributed by atoms with Crippen LogP contribution in [0.25, 0.3) is 11.1 Å². The average molecular weight is 634 g/mol. The zero-order chi connectivity index (χ0) is 27.4. The molecule has 1 aliphatic heterocycles. The van der Waals surface area contributed by atoms with Crippen LogP contribution in [0.3, 0.4) is 0 Å². The van der Waals surface area contributed by atoms with E-state index in [1.807, 2.05) is 78.9 Å². The van der Waals surface area contributed by atoms with Crippen LogP contribution < -0.4 is 5.32 Å². The topological polar surface area (TPSA) is 58.6 Å². The lowest BCUT2D eigenvalue weighted by Crippen LogP contribution is -2.36. The van der Waals surface area contributed by atoms with Crippen molar-refractivity contribution in [2.45, 2.75) is 30.2 Å². The van der Waals surface area contributed by atoms with Gasteiger partial charge in [0, 0.05) is 24.3 Å². The molecule has 0 fully saturated rings. The monoisotopic (exact) mass is 634 g/mol. The summed E-state index contributed by atoms with van der Waals surface area (Å²) in [6.07, 6.45) is 0.341. The van der Waals surface area contributed by atoms with E-state index in [-0.39, 0.29) is 18.6 Å². The van der Waals surface area contributed by atoms with Gasteiger partial charge in [0.25, 0.3) is 5.91 Å². The van der Waals surface area contributed by atoms with Gasteiger partial charge in [-0.1, -0.05) is 78.9 Å². The molecule has 2 amide bonds. The van der Waals surface area contributed by atoms with Crippen molar-refractivity contribution in [3.8, 4) is 11.1 Å². The van der Waals surface area contributed by atoms with Crippen LogP contribution in [0, 0.1) is 0 Å². The summed E-state index contributed by atoms with van der Waals surface area (Å²) in [5.41, 5.74) is 6.50. The van der Waals surface area contributed by atoms with E-state index in [1.54, 1.807) is 45.7 Å². The maximum atomic E-state index is 14.3. The van der Waals surface area contributed by atoms with Crippen molar-refractivity contribution in [1.29, 1.82) is 0 Å². The lowest BCUT2D eigenvalue weighted by molar-refractivity contribution is 0.0918. The minimum atomic E-state index is -1.46. The van der Waals surface area contributed by atoms with Crippen molar-refractivity contribution < 1.29 is 18.7 Å². The molecule has 7 heteroatoms. The van der Waals surface area contributed by atoms with E-state index < -0.39 is 3.68 Å². The van der Waals surface area contributed by atoms with E-state index in [0.29, 0.717) is 36.3 Å². The first-order valence-corrected chi connectivity index (χ1v) is 13.8. The zero-order valence-electron chi connectivity index (χ0n) is 21.5. The number of carbonyl (C=O) groups is 2. The standard InChI is InChI=1S/C32H28FIN2O3/c1-32(33,34)26-14-11-23(12-15-26)28-9-5-6-10-29(28)30(37)35-27-16-13-25-20-36(18-17-24(25)19-27)31(38)39-21-22-7-3-2-4-8-22/h2-16,19H,17-18,20-21H2,1H3,(H,35,37). The number of amides is 2. The molecular weight excluding hydrogens is 606 g/mol. The van der Waals surface area contributed by atoms with Gasteiger partial charge in [-0.2, -0.15) is 0 Å². The highest BCUT2D eigenvalue weighted by atomic mass is 127. The molecule has 1 N–H and O–H groups in total. The van der Waals surface area contributed by atoms with Gasteiger partial charge in [-0.15, -0.1) is 0 Å². The van der Waals surface area contributed by atoms with Gasteiger partial charge in [0.1, 0.15) is 6.61 Å². The number of carbonyl (C=O) groups excluding carboxylic acids is 2. The zero-order valence-corrected chi connectivity index (χ0v) is 23.7. The van der Waals surface area contributed by atoms with Gasteiger partial charge in [-0.05, 0) is 87.5 Å². The van der Waals surface area contributed by atoms with E-state index in [1.165, 1.54) is 6.92 Å². The summed E-state index contributed by atoms with van der Waals surface area (Å²) in [6.45, 7) is 2.77. The van der Waals surface area contributed by atoms with Crippen LogP contribution in [0.5, 0.6) is 0 Å². The normalized spacial score (nSPS) is 14.2. The molecule has 0 aliphatic carbocycles. The Labute approximate surface area is 241 Å². The summed E-state index contributed by atoms with van der Waals surface area (Å²) in [4.78, 5) is 27.6. The Hall–Kier alpha value is -3.72. The fourth-order valence-electron chi connectivity index (χ4n) is 4.67. The molecule has 0 saturated carbocycles. The van der Waals surface area contributed by atoms with Crippen LogP contribution in [0.4, 0.5) is 14.9 Å². The van der Waals surface area contributed by atoms with Crippen molar-refractivity contribution >= 4 is 40.3 Å². The van der Waals surface area contributed by atoms with Crippen molar-refractivity contribution in [2.75, 3.05) is 11.9 Å². The molecule has 0 spiro atoms. The van der Waals surface area contributed by atoms with Crippen molar-refractivity contribution in [3.63, 3.8) is 0 Å². The molecule has 1 heterocycles. The number of fused-ring (bicyclic) bond motifs is 1. The Morgan fingerprint density at radius 1 is 0.949 bits per heavy atom. The first-order valence-electron chi connectivity index (χ1n) is 12.7. The summed E-state index contributed by atoms with van der Waals surface area (Å²) in [5, 5.41) is 3.02. The SMILES string of the molecule is CC(F)(I)c1ccc(-c2ccccc2C(=O)Nc2ccc3c(c2)CCN(C(=O)OCc2ccccc2)C3)cc1. The average Bonchev–Trinajstić information content (AvgIpc) is 2.95. The van der Waals surface area contributed by atoms with Gasteiger partial charge in [0.15, 0.2) is 3.68 Å². The van der Waals surface area contributed by atoms with E-state index >= 15 is 0 Å². The number of nitrogens with zero attached hydrogens (tertiary/aromatic N) is 1. The third-order valence-corrected chi connectivity index (χ3v) is 7.44. The van der Waals surface area contributed by atoms with Crippen molar-refractivity contribution in [3.05, 3.63) is 125 Å². The minimum absolute atomic E-state index is 0.222.